The number of hydrogen-bond donors (Lipinski definition) is 1. The fraction of sp³-hybridized carbons (Fsp3) is 0.714. The Labute approximate surface area is 119 Å². The lowest BCUT2D eigenvalue weighted by Gasteiger charge is -2.21. The Bertz CT molecular complexity index is 533. The first-order chi connectivity index (χ1) is 9.51. The van der Waals surface area contributed by atoms with Crippen LogP contribution < -0.4 is 11.2 Å². The van der Waals surface area contributed by atoms with Gasteiger partial charge in [0.05, 0.1) is 6.61 Å². The summed E-state index contributed by atoms with van der Waals surface area (Å²) in [5.74, 6) is 0. The van der Waals surface area contributed by atoms with E-state index in [2.05, 4.69) is 11.8 Å². The van der Waals surface area contributed by atoms with E-state index < -0.39 is 0 Å². The number of aliphatic hydroxyl groups is 1. The summed E-state index contributed by atoms with van der Waals surface area (Å²) in [5, 5.41) is 9.11. The van der Waals surface area contributed by atoms with Crippen molar-refractivity contribution in [3.05, 3.63) is 32.6 Å². The van der Waals surface area contributed by atoms with Crippen molar-refractivity contribution in [1.29, 1.82) is 0 Å². The molecule has 1 aromatic rings. The van der Waals surface area contributed by atoms with Gasteiger partial charge in [-0.3, -0.25) is 14.3 Å². The fourth-order valence-corrected chi connectivity index (χ4v) is 2.23. The second kappa shape index (κ2) is 8.01. The van der Waals surface area contributed by atoms with Crippen molar-refractivity contribution >= 4 is 0 Å². The lowest BCUT2D eigenvalue weighted by Crippen LogP contribution is -2.40. The van der Waals surface area contributed by atoms with Crippen molar-refractivity contribution in [3.63, 3.8) is 0 Å². The number of unbranched alkanes of at least 4 members (excludes halogenated alkanes) is 2. The standard InChI is InChI=1S/C14H25N3O3/c1-4-5-6-7-17(8-9-18)11-12-10-15(2)14(20)16(3)13(12)19/h10,18H,4-9,11H2,1-3H3. The summed E-state index contributed by atoms with van der Waals surface area (Å²) >= 11 is 0. The first-order valence-corrected chi connectivity index (χ1v) is 7.10. The van der Waals surface area contributed by atoms with Crippen molar-refractivity contribution in [1.82, 2.24) is 14.0 Å². The van der Waals surface area contributed by atoms with Crippen LogP contribution in [0.15, 0.2) is 15.8 Å². The van der Waals surface area contributed by atoms with E-state index in [1.807, 2.05) is 0 Å². The van der Waals surface area contributed by atoms with Gasteiger partial charge in [-0.15, -0.1) is 0 Å². The van der Waals surface area contributed by atoms with Crippen molar-refractivity contribution in [2.75, 3.05) is 19.7 Å². The third-order valence-electron chi connectivity index (χ3n) is 3.41. The van der Waals surface area contributed by atoms with Gasteiger partial charge >= 0.3 is 5.69 Å². The van der Waals surface area contributed by atoms with E-state index in [1.165, 1.54) is 11.6 Å². The number of rotatable bonds is 8. The molecule has 0 unspecified atom stereocenters. The summed E-state index contributed by atoms with van der Waals surface area (Å²) in [7, 11) is 3.13. The molecule has 0 fully saturated rings. The van der Waals surface area contributed by atoms with Crippen molar-refractivity contribution in [2.24, 2.45) is 14.1 Å². The molecule has 0 aliphatic carbocycles. The van der Waals surface area contributed by atoms with Gasteiger partial charge in [-0.2, -0.15) is 0 Å². The topological polar surface area (TPSA) is 67.5 Å². The van der Waals surface area contributed by atoms with Gasteiger partial charge in [0.15, 0.2) is 0 Å². The molecule has 0 aromatic carbocycles. The highest BCUT2D eigenvalue weighted by Gasteiger charge is 2.11. The molecule has 0 bridgehead atoms. The van der Waals surface area contributed by atoms with Crippen molar-refractivity contribution in [3.8, 4) is 0 Å². The van der Waals surface area contributed by atoms with Crippen LogP contribution in [0.25, 0.3) is 0 Å². The monoisotopic (exact) mass is 283 g/mol. The molecule has 1 N–H and O–H groups in total. The smallest absolute Gasteiger partial charge is 0.330 e. The van der Waals surface area contributed by atoms with Crippen LogP contribution in [0.1, 0.15) is 31.7 Å². The molecular formula is C14H25N3O3. The first kappa shape index (κ1) is 16.7. The van der Waals surface area contributed by atoms with Gasteiger partial charge in [0.25, 0.3) is 5.56 Å². The van der Waals surface area contributed by atoms with Crippen LogP contribution in [-0.2, 0) is 20.6 Å². The van der Waals surface area contributed by atoms with Crippen LogP contribution >= 0.6 is 0 Å². The minimum absolute atomic E-state index is 0.0677. The number of nitrogens with zero attached hydrogens (tertiary/aromatic N) is 3. The second-order valence-electron chi connectivity index (χ2n) is 5.12. The van der Waals surface area contributed by atoms with Crippen molar-refractivity contribution in [2.45, 2.75) is 32.7 Å². The molecule has 0 saturated carbocycles. The molecule has 20 heavy (non-hydrogen) atoms. The maximum absolute atomic E-state index is 12.1. The Morgan fingerprint density at radius 1 is 1.20 bits per heavy atom. The molecule has 0 saturated heterocycles. The second-order valence-corrected chi connectivity index (χ2v) is 5.12. The molecule has 0 radical (unpaired) electrons. The zero-order valence-corrected chi connectivity index (χ0v) is 12.6. The van der Waals surface area contributed by atoms with Gasteiger partial charge in [0, 0.05) is 38.9 Å². The Kier molecular flexibility index (Phi) is 6.67. The van der Waals surface area contributed by atoms with E-state index in [0.29, 0.717) is 18.7 Å². The molecule has 114 valence electrons. The molecule has 1 aromatic heterocycles. The van der Waals surface area contributed by atoms with Gasteiger partial charge < -0.3 is 9.67 Å². The summed E-state index contributed by atoms with van der Waals surface area (Å²) in [6, 6.07) is 0. The zero-order chi connectivity index (χ0) is 15.1. The predicted molar refractivity (Wildman–Crippen MR) is 78.8 cm³/mol. The average Bonchev–Trinajstić information content (AvgIpc) is 2.43. The highest BCUT2D eigenvalue weighted by atomic mass is 16.3. The third-order valence-corrected chi connectivity index (χ3v) is 3.41. The number of aryl methyl sites for hydroxylation is 1. The van der Waals surface area contributed by atoms with Crippen molar-refractivity contribution < 1.29 is 5.11 Å². The lowest BCUT2D eigenvalue weighted by atomic mass is 10.2. The quantitative estimate of drug-likeness (QED) is 0.686. The van der Waals surface area contributed by atoms with Gasteiger partial charge in [-0.25, -0.2) is 4.79 Å². The maximum Gasteiger partial charge on any atom is 0.330 e. The minimum atomic E-state index is -0.321. The number of hydrogen-bond acceptors (Lipinski definition) is 4. The highest BCUT2D eigenvalue weighted by Crippen LogP contribution is 2.02. The van der Waals surface area contributed by atoms with E-state index in [1.54, 1.807) is 13.2 Å². The molecule has 1 heterocycles. The van der Waals surface area contributed by atoms with Crippen LogP contribution in [0.5, 0.6) is 0 Å². The molecule has 0 aliphatic heterocycles. The van der Waals surface area contributed by atoms with Crippen LogP contribution in [0, 0.1) is 0 Å². The van der Waals surface area contributed by atoms with E-state index in [-0.39, 0.29) is 17.9 Å². The molecule has 1 rings (SSSR count). The zero-order valence-electron chi connectivity index (χ0n) is 12.6. The molecular weight excluding hydrogens is 258 g/mol. The largest absolute Gasteiger partial charge is 0.395 e. The molecule has 0 spiro atoms. The average molecular weight is 283 g/mol. The normalized spacial score (nSPS) is 11.2. The Morgan fingerprint density at radius 3 is 2.50 bits per heavy atom. The molecule has 0 atom stereocenters. The number of aliphatic hydroxyl groups excluding tert-OH is 1. The minimum Gasteiger partial charge on any atom is -0.395 e. The molecule has 6 nitrogen and oxygen atoms in total. The fourth-order valence-electron chi connectivity index (χ4n) is 2.23. The van der Waals surface area contributed by atoms with Gasteiger partial charge in [-0.1, -0.05) is 19.8 Å². The summed E-state index contributed by atoms with van der Waals surface area (Å²) in [5.41, 5.74) is 0.00419. The molecule has 0 aliphatic rings. The molecule has 6 heteroatoms. The van der Waals surface area contributed by atoms with Crippen LogP contribution in [0.4, 0.5) is 0 Å². The maximum atomic E-state index is 12.1. The first-order valence-electron chi connectivity index (χ1n) is 7.10. The Balaban J connectivity index is 2.88. The Hall–Kier alpha value is -1.40. The summed E-state index contributed by atoms with van der Waals surface area (Å²) in [6.07, 6.45) is 4.90. The molecule has 0 amide bonds. The van der Waals surface area contributed by atoms with Crippen LogP contribution in [0.2, 0.25) is 0 Å². The lowest BCUT2D eigenvalue weighted by molar-refractivity contribution is 0.186. The van der Waals surface area contributed by atoms with Gasteiger partial charge in [0.2, 0.25) is 0 Å². The third kappa shape index (κ3) is 4.31. The predicted octanol–water partition coefficient (Wildman–Crippen LogP) is 0.0685. The van der Waals surface area contributed by atoms with Gasteiger partial charge in [0.1, 0.15) is 0 Å². The van der Waals surface area contributed by atoms with E-state index in [0.717, 1.165) is 30.4 Å². The van der Waals surface area contributed by atoms with Gasteiger partial charge in [-0.05, 0) is 13.0 Å². The summed E-state index contributed by atoms with van der Waals surface area (Å²) in [6.45, 7) is 4.05. The highest BCUT2D eigenvalue weighted by molar-refractivity contribution is 5.05. The van der Waals surface area contributed by atoms with Crippen LogP contribution in [0.3, 0.4) is 0 Å². The SMILES string of the molecule is CCCCCN(CCO)Cc1cn(C)c(=O)n(C)c1=O. The van der Waals surface area contributed by atoms with E-state index in [4.69, 9.17) is 5.11 Å². The summed E-state index contributed by atoms with van der Waals surface area (Å²) in [4.78, 5) is 25.8. The summed E-state index contributed by atoms with van der Waals surface area (Å²) < 4.78 is 2.54. The van der Waals surface area contributed by atoms with E-state index in [9.17, 15) is 9.59 Å². The van der Waals surface area contributed by atoms with Crippen LogP contribution in [-0.4, -0.2) is 38.8 Å². The Morgan fingerprint density at radius 2 is 1.90 bits per heavy atom. The van der Waals surface area contributed by atoms with E-state index >= 15 is 0 Å². The number of aromatic nitrogens is 2.